The number of nitrogens with zero attached hydrogens (tertiary/aromatic N) is 2. The van der Waals surface area contributed by atoms with Crippen molar-refractivity contribution in [3.8, 4) is 6.07 Å². The number of hydrogen-bond donors (Lipinski definition) is 2. The smallest absolute Gasteiger partial charge is 0.126 e. The summed E-state index contributed by atoms with van der Waals surface area (Å²) in [5.74, 6) is 0.686. The fraction of sp³-hybridized carbons (Fsp3) is 0.333. The van der Waals surface area contributed by atoms with E-state index >= 15 is 0 Å². The van der Waals surface area contributed by atoms with E-state index in [9.17, 15) is 0 Å². The van der Waals surface area contributed by atoms with Gasteiger partial charge in [-0.25, -0.2) is 4.98 Å². The highest BCUT2D eigenvalue weighted by Gasteiger charge is 1.99. The molecule has 0 aromatic carbocycles. The first-order chi connectivity index (χ1) is 6.27. The molecule has 4 nitrogen and oxygen atoms in total. The Morgan fingerprint density at radius 3 is 2.92 bits per heavy atom. The zero-order chi connectivity index (χ0) is 9.68. The number of aromatic nitrogens is 1. The molecule has 0 saturated carbocycles. The molecule has 0 aliphatic heterocycles. The summed E-state index contributed by atoms with van der Waals surface area (Å²) in [7, 11) is 0. The first kappa shape index (κ1) is 9.49. The first-order valence-corrected chi connectivity index (χ1v) is 4.00. The van der Waals surface area contributed by atoms with Gasteiger partial charge in [0.1, 0.15) is 11.9 Å². The number of nitriles is 1. The van der Waals surface area contributed by atoms with E-state index in [1.807, 2.05) is 6.07 Å². The molecule has 0 atom stereocenters. The van der Waals surface area contributed by atoms with Crippen molar-refractivity contribution in [2.45, 2.75) is 6.92 Å². The molecule has 0 bridgehead atoms. The molecular weight excluding hydrogens is 166 g/mol. The van der Waals surface area contributed by atoms with Crippen molar-refractivity contribution in [1.29, 1.82) is 5.26 Å². The molecule has 13 heavy (non-hydrogen) atoms. The first-order valence-electron chi connectivity index (χ1n) is 4.00. The van der Waals surface area contributed by atoms with Gasteiger partial charge in [0.15, 0.2) is 0 Å². The Bertz CT molecular complexity index is 330. The molecular formula is C9H11N3O. The van der Waals surface area contributed by atoms with Crippen molar-refractivity contribution in [2.24, 2.45) is 0 Å². The molecule has 0 radical (unpaired) electrons. The van der Waals surface area contributed by atoms with Gasteiger partial charge in [0.2, 0.25) is 0 Å². The van der Waals surface area contributed by atoms with Crippen LogP contribution >= 0.6 is 0 Å². The molecule has 68 valence electrons. The number of aryl methyl sites for hydroxylation is 1. The summed E-state index contributed by atoms with van der Waals surface area (Å²) in [4.78, 5) is 4.14. The molecule has 2 N–H and O–H groups in total. The minimum absolute atomic E-state index is 0.0702. The third kappa shape index (κ3) is 2.42. The van der Waals surface area contributed by atoms with Gasteiger partial charge in [-0.05, 0) is 19.1 Å². The predicted octanol–water partition coefficient (Wildman–Crippen LogP) is 0.666. The topological polar surface area (TPSA) is 68.9 Å². The summed E-state index contributed by atoms with van der Waals surface area (Å²) in [6, 6.07) is 5.47. The van der Waals surface area contributed by atoms with E-state index in [0.717, 1.165) is 0 Å². The minimum atomic E-state index is 0.0702. The number of aliphatic hydroxyl groups is 1. The number of anilines is 1. The lowest BCUT2D eigenvalue weighted by molar-refractivity contribution is 0.311. The molecule has 1 aromatic heterocycles. The largest absolute Gasteiger partial charge is 0.395 e. The fourth-order valence-corrected chi connectivity index (χ4v) is 0.962. The average Bonchev–Trinajstić information content (AvgIpc) is 2.15. The Hall–Kier alpha value is -1.60. The fourth-order valence-electron chi connectivity index (χ4n) is 0.962. The van der Waals surface area contributed by atoms with Gasteiger partial charge in [-0.1, -0.05) is 0 Å². The predicted molar refractivity (Wildman–Crippen MR) is 49.3 cm³/mol. The van der Waals surface area contributed by atoms with E-state index in [4.69, 9.17) is 10.4 Å². The highest BCUT2D eigenvalue weighted by molar-refractivity contribution is 5.42. The summed E-state index contributed by atoms with van der Waals surface area (Å²) < 4.78 is 0. The van der Waals surface area contributed by atoms with Crippen LogP contribution in [0.3, 0.4) is 0 Å². The van der Waals surface area contributed by atoms with Gasteiger partial charge in [-0.2, -0.15) is 5.26 Å². The lowest BCUT2D eigenvalue weighted by Gasteiger charge is -2.04. The third-order valence-corrected chi connectivity index (χ3v) is 1.62. The summed E-state index contributed by atoms with van der Waals surface area (Å²) in [6.45, 7) is 2.32. The molecule has 4 heteroatoms. The molecule has 0 saturated heterocycles. The molecule has 0 fully saturated rings. The Balaban J connectivity index is 2.79. The second kappa shape index (κ2) is 4.43. The van der Waals surface area contributed by atoms with Gasteiger partial charge in [0.05, 0.1) is 17.9 Å². The van der Waals surface area contributed by atoms with Crippen LogP contribution in [-0.4, -0.2) is 23.2 Å². The maximum absolute atomic E-state index is 8.63. The average molecular weight is 177 g/mol. The highest BCUT2D eigenvalue weighted by atomic mass is 16.3. The molecule has 0 amide bonds. The second-order valence-electron chi connectivity index (χ2n) is 2.59. The number of hydrogen-bond acceptors (Lipinski definition) is 4. The van der Waals surface area contributed by atoms with Crippen molar-refractivity contribution >= 4 is 5.82 Å². The number of rotatable bonds is 3. The van der Waals surface area contributed by atoms with Crippen LogP contribution in [-0.2, 0) is 0 Å². The Morgan fingerprint density at radius 1 is 1.62 bits per heavy atom. The minimum Gasteiger partial charge on any atom is -0.395 e. The molecule has 1 rings (SSSR count). The normalized spacial score (nSPS) is 9.31. The highest BCUT2D eigenvalue weighted by Crippen LogP contribution is 2.08. The number of nitrogens with one attached hydrogen (secondary N) is 1. The van der Waals surface area contributed by atoms with Crippen molar-refractivity contribution in [3.05, 3.63) is 23.4 Å². The summed E-state index contributed by atoms with van der Waals surface area (Å²) in [6.07, 6.45) is 0. The summed E-state index contributed by atoms with van der Waals surface area (Å²) >= 11 is 0. The molecule has 0 aliphatic rings. The van der Waals surface area contributed by atoms with Crippen molar-refractivity contribution in [1.82, 2.24) is 4.98 Å². The van der Waals surface area contributed by atoms with Crippen LogP contribution in [0.5, 0.6) is 0 Å². The monoisotopic (exact) mass is 177 g/mol. The Labute approximate surface area is 76.8 Å². The number of pyridine rings is 1. The lowest BCUT2D eigenvalue weighted by atomic mass is 10.2. The summed E-state index contributed by atoms with van der Waals surface area (Å²) in [5, 5.41) is 20.1. The zero-order valence-electron chi connectivity index (χ0n) is 7.41. The Kier molecular flexibility index (Phi) is 3.23. The van der Waals surface area contributed by atoms with Crippen molar-refractivity contribution < 1.29 is 5.11 Å². The van der Waals surface area contributed by atoms with Crippen LogP contribution in [0.15, 0.2) is 12.1 Å². The van der Waals surface area contributed by atoms with Gasteiger partial charge >= 0.3 is 0 Å². The quantitative estimate of drug-likeness (QED) is 0.711. The zero-order valence-corrected chi connectivity index (χ0v) is 7.41. The van der Waals surface area contributed by atoms with E-state index in [1.54, 1.807) is 19.1 Å². The molecule has 1 heterocycles. The molecule has 0 unspecified atom stereocenters. The van der Waals surface area contributed by atoms with Crippen molar-refractivity contribution in [3.63, 3.8) is 0 Å². The van der Waals surface area contributed by atoms with E-state index < -0.39 is 0 Å². The molecule has 0 aliphatic carbocycles. The number of aliphatic hydroxyl groups excluding tert-OH is 1. The van der Waals surface area contributed by atoms with Crippen molar-refractivity contribution in [2.75, 3.05) is 18.5 Å². The summed E-state index contributed by atoms with van der Waals surface area (Å²) in [5.41, 5.74) is 1.28. The molecule has 0 spiro atoms. The van der Waals surface area contributed by atoms with Gasteiger partial charge in [-0.3, -0.25) is 0 Å². The maximum Gasteiger partial charge on any atom is 0.126 e. The Morgan fingerprint density at radius 2 is 2.38 bits per heavy atom. The van der Waals surface area contributed by atoms with E-state index in [0.29, 0.717) is 23.6 Å². The third-order valence-electron chi connectivity index (χ3n) is 1.62. The van der Waals surface area contributed by atoms with E-state index in [1.165, 1.54) is 0 Å². The van der Waals surface area contributed by atoms with Gasteiger partial charge in [0, 0.05) is 6.54 Å². The van der Waals surface area contributed by atoms with Crippen LogP contribution in [0, 0.1) is 18.3 Å². The van der Waals surface area contributed by atoms with Crippen LogP contribution in [0.1, 0.15) is 11.3 Å². The van der Waals surface area contributed by atoms with Crippen LogP contribution in [0.4, 0.5) is 5.82 Å². The van der Waals surface area contributed by atoms with Crippen LogP contribution in [0.25, 0.3) is 0 Å². The van der Waals surface area contributed by atoms with Gasteiger partial charge < -0.3 is 10.4 Å². The van der Waals surface area contributed by atoms with Gasteiger partial charge in [0.25, 0.3) is 0 Å². The second-order valence-corrected chi connectivity index (χ2v) is 2.59. The maximum atomic E-state index is 8.63. The van der Waals surface area contributed by atoms with E-state index in [2.05, 4.69) is 10.3 Å². The van der Waals surface area contributed by atoms with Crippen LogP contribution in [0.2, 0.25) is 0 Å². The van der Waals surface area contributed by atoms with Crippen LogP contribution < -0.4 is 5.32 Å². The van der Waals surface area contributed by atoms with E-state index in [-0.39, 0.29) is 6.61 Å². The standard InChI is InChI=1S/C9H11N3O/c1-7-8(6-10)2-3-9(12-7)11-4-5-13/h2-3,13H,4-5H2,1H3,(H,11,12). The SMILES string of the molecule is Cc1nc(NCCO)ccc1C#N. The molecule has 1 aromatic rings. The van der Waals surface area contributed by atoms with Gasteiger partial charge in [-0.15, -0.1) is 0 Å². The lowest BCUT2D eigenvalue weighted by Crippen LogP contribution is -2.07.